The number of hydrogen-bond donors (Lipinski definition) is 2. The van der Waals surface area contributed by atoms with Crippen LogP contribution >= 0.6 is 12.4 Å². The van der Waals surface area contributed by atoms with Gasteiger partial charge in [0.1, 0.15) is 0 Å². The van der Waals surface area contributed by atoms with Crippen LogP contribution in [0.15, 0.2) is 18.2 Å². The number of carbonyl (C=O) groups excluding carboxylic acids is 1. The Labute approximate surface area is 121 Å². The Kier molecular flexibility index (Phi) is 6.32. The van der Waals surface area contributed by atoms with E-state index >= 15 is 0 Å². The molecule has 0 saturated heterocycles. The van der Waals surface area contributed by atoms with E-state index in [1.165, 1.54) is 24.0 Å². The van der Waals surface area contributed by atoms with Crippen molar-refractivity contribution in [3.63, 3.8) is 0 Å². The van der Waals surface area contributed by atoms with Crippen LogP contribution in [0.5, 0.6) is 0 Å². The fourth-order valence-corrected chi connectivity index (χ4v) is 2.05. The topological polar surface area (TPSA) is 41.1 Å². The summed E-state index contributed by atoms with van der Waals surface area (Å²) in [6.07, 6.45) is 3.62. The van der Waals surface area contributed by atoms with Gasteiger partial charge in [0.2, 0.25) is 5.91 Å². The third kappa shape index (κ3) is 5.21. The molecule has 1 amide bonds. The van der Waals surface area contributed by atoms with E-state index in [2.05, 4.69) is 36.6 Å². The first kappa shape index (κ1) is 16.0. The summed E-state index contributed by atoms with van der Waals surface area (Å²) in [6, 6.07) is 6.09. The van der Waals surface area contributed by atoms with Gasteiger partial charge in [0.25, 0.3) is 0 Å². The molecule has 0 bridgehead atoms. The Morgan fingerprint density at radius 1 is 1.37 bits per heavy atom. The van der Waals surface area contributed by atoms with Crippen LogP contribution in [-0.2, 0) is 11.2 Å². The average molecular weight is 283 g/mol. The molecule has 3 nitrogen and oxygen atoms in total. The van der Waals surface area contributed by atoms with Gasteiger partial charge in [-0.2, -0.15) is 0 Å². The SMILES string of the molecule is CCc1cc(NC(=O)CNCC2CC2)ccc1C.Cl. The normalized spacial score (nSPS) is 13.8. The van der Waals surface area contributed by atoms with Crippen LogP contribution in [0.2, 0.25) is 0 Å². The molecule has 1 aliphatic rings. The third-order valence-electron chi connectivity index (χ3n) is 3.43. The monoisotopic (exact) mass is 282 g/mol. The molecule has 1 aromatic rings. The van der Waals surface area contributed by atoms with Crippen molar-refractivity contribution in [3.8, 4) is 0 Å². The Morgan fingerprint density at radius 2 is 2.11 bits per heavy atom. The van der Waals surface area contributed by atoms with E-state index in [9.17, 15) is 4.79 Å². The van der Waals surface area contributed by atoms with Gasteiger partial charge >= 0.3 is 0 Å². The lowest BCUT2D eigenvalue weighted by atomic mass is 10.1. The summed E-state index contributed by atoms with van der Waals surface area (Å²) in [6.45, 7) is 5.61. The molecule has 0 aromatic heterocycles. The summed E-state index contributed by atoms with van der Waals surface area (Å²) < 4.78 is 0. The second-order valence-corrected chi connectivity index (χ2v) is 5.12. The fraction of sp³-hybridized carbons (Fsp3) is 0.533. The van der Waals surface area contributed by atoms with Crippen molar-refractivity contribution in [1.82, 2.24) is 5.32 Å². The summed E-state index contributed by atoms with van der Waals surface area (Å²) in [4.78, 5) is 11.7. The first-order chi connectivity index (χ1) is 8.69. The second-order valence-electron chi connectivity index (χ2n) is 5.12. The number of amides is 1. The molecule has 106 valence electrons. The maximum absolute atomic E-state index is 11.7. The maximum atomic E-state index is 11.7. The molecule has 0 unspecified atom stereocenters. The van der Waals surface area contributed by atoms with Gasteiger partial charge in [0, 0.05) is 5.69 Å². The lowest BCUT2D eigenvalue weighted by molar-refractivity contribution is -0.115. The van der Waals surface area contributed by atoms with E-state index in [0.29, 0.717) is 6.54 Å². The van der Waals surface area contributed by atoms with Crippen LogP contribution in [0.1, 0.15) is 30.9 Å². The molecule has 0 heterocycles. The minimum absolute atomic E-state index is 0. The number of benzene rings is 1. The van der Waals surface area contributed by atoms with Crippen LogP contribution in [0.3, 0.4) is 0 Å². The smallest absolute Gasteiger partial charge is 0.238 e. The Bertz CT molecular complexity index is 430. The van der Waals surface area contributed by atoms with Crippen LogP contribution in [0, 0.1) is 12.8 Å². The zero-order valence-electron chi connectivity index (χ0n) is 11.7. The van der Waals surface area contributed by atoms with Crippen molar-refractivity contribution in [2.24, 2.45) is 5.92 Å². The minimum atomic E-state index is 0. The van der Waals surface area contributed by atoms with Crippen molar-refractivity contribution in [1.29, 1.82) is 0 Å². The van der Waals surface area contributed by atoms with E-state index in [4.69, 9.17) is 0 Å². The van der Waals surface area contributed by atoms with Gasteiger partial charge < -0.3 is 10.6 Å². The summed E-state index contributed by atoms with van der Waals surface area (Å²) in [5.41, 5.74) is 3.47. The molecule has 1 aromatic carbocycles. The number of halogens is 1. The molecular weight excluding hydrogens is 260 g/mol. The molecular formula is C15H23ClN2O. The quantitative estimate of drug-likeness (QED) is 0.842. The van der Waals surface area contributed by atoms with Crippen LogP contribution in [0.4, 0.5) is 5.69 Å². The number of hydrogen-bond acceptors (Lipinski definition) is 2. The zero-order chi connectivity index (χ0) is 13.0. The largest absolute Gasteiger partial charge is 0.325 e. The first-order valence-corrected chi connectivity index (χ1v) is 6.79. The van der Waals surface area contributed by atoms with E-state index in [1.807, 2.05) is 6.07 Å². The van der Waals surface area contributed by atoms with Crippen LogP contribution < -0.4 is 10.6 Å². The highest BCUT2D eigenvalue weighted by Gasteiger charge is 2.20. The van der Waals surface area contributed by atoms with E-state index < -0.39 is 0 Å². The molecule has 2 N–H and O–H groups in total. The Balaban J connectivity index is 0.00000180. The molecule has 1 saturated carbocycles. The molecule has 0 atom stereocenters. The zero-order valence-corrected chi connectivity index (χ0v) is 12.5. The van der Waals surface area contributed by atoms with Gasteiger partial charge in [-0.05, 0) is 61.9 Å². The number of carbonyl (C=O) groups is 1. The van der Waals surface area contributed by atoms with Crippen molar-refractivity contribution in [2.45, 2.75) is 33.1 Å². The molecule has 19 heavy (non-hydrogen) atoms. The van der Waals surface area contributed by atoms with Gasteiger partial charge in [-0.25, -0.2) is 0 Å². The lowest BCUT2D eigenvalue weighted by Gasteiger charge is -2.09. The van der Waals surface area contributed by atoms with Gasteiger partial charge in [-0.15, -0.1) is 12.4 Å². The van der Waals surface area contributed by atoms with Gasteiger partial charge in [-0.1, -0.05) is 13.0 Å². The molecule has 1 fully saturated rings. The molecule has 0 aliphatic heterocycles. The molecule has 1 aliphatic carbocycles. The van der Waals surface area contributed by atoms with E-state index in [-0.39, 0.29) is 18.3 Å². The summed E-state index contributed by atoms with van der Waals surface area (Å²) in [7, 11) is 0. The fourth-order valence-electron chi connectivity index (χ4n) is 2.05. The standard InChI is InChI=1S/C15H22N2O.ClH/c1-3-13-8-14(7-4-11(13)2)17-15(18)10-16-9-12-5-6-12;/h4,7-8,12,16H,3,5-6,9-10H2,1-2H3,(H,17,18);1H. The third-order valence-corrected chi connectivity index (χ3v) is 3.43. The average Bonchev–Trinajstić information content (AvgIpc) is 3.15. The highest BCUT2D eigenvalue weighted by atomic mass is 35.5. The summed E-state index contributed by atoms with van der Waals surface area (Å²) in [5.74, 6) is 0.852. The molecule has 4 heteroatoms. The second kappa shape index (κ2) is 7.51. The summed E-state index contributed by atoms with van der Waals surface area (Å²) in [5, 5.41) is 6.13. The van der Waals surface area contributed by atoms with E-state index in [0.717, 1.165) is 24.6 Å². The highest BCUT2D eigenvalue weighted by molar-refractivity contribution is 5.92. The predicted octanol–water partition coefficient (Wildman–Crippen LogP) is 2.92. The summed E-state index contributed by atoms with van der Waals surface area (Å²) >= 11 is 0. The van der Waals surface area contributed by atoms with Crippen molar-refractivity contribution in [3.05, 3.63) is 29.3 Å². The van der Waals surface area contributed by atoms with Gasteiger partial charge in [0.05, 0.1) is 6.54 Å². The van der Waals surface area contributed by atoms with Gasteiger partial charge in [0.15, 0.2) is 0 Å². The minimum Gasteiger partial charge on any atom is -0.325 e. The first-order valence-electron chi connectivity index (χ1n) is 6.79. The van der Waals surface area contributed by atoms with Crippen LogP contribution in [-0.4, -0.2) is 19.0 Å². The maximum Gasteiger partial charge on any atom is 0.238 e. The number of aryl methyl sites for hydroxylation is 2. The highest BCUT2D eigenvalue weighted by Crippen LogP contribution is 2.27. The van der Waals surface area contributed by atoms with Crippen molar-refractivity contribution >= 4 is 24.0 Å². The van der Waals surface area contributed by atoms with E-state index in [1.54, 1.807) is 0 Å². The van der Waals surface area contributed by atoms with Gasteiger partial charge in [-0.3, -0.25) is 4.79 Å². The molecule has 2 rings (SSSR count). The number of anilines is 1. The number of rotatable bonds is 6. The van der Waals surface area contributed by atoms with Crippen molar-refractivity contribution in [2.75, 3.05) is 18.4 Å². The van der Waals surface area contributed by atoms with Crippen LogP contribution in [0.25, 0.3) is 0 Å². The predicted molar refractivity (Wildman–Crippen MR) is 82.0 cm³/mol. The Hall–Kier alpha value is -1.06. The number of nitrogens with one attached hydrogen (secondary N) is 2. The Morgan fingerprint density at radius 3 is 2.74 bits per heavy atom. The lowest BCUT2D eigenvalue weighted by Crippen LogP contribution is -2.29. The molecule has 0 radical (unpaired) electrons. The van der Waals surface area contributed by atoms with Crippen molar-refractivity contribution < 1.29 is 4.79 Å². The molecule has 0 spiro atoms.